The van der Waals surface area contributed by atoms with Gasteiger partial charge >= 0.3 is 0 Å². The first-order valence-electron chi connectivity index (χ1n) is 7.41. The summed E-state index contributed by atoms with van der Waals surface area (Å²) >= 11 is 0. The summed E-state index contributed by atoms with van der Waals surface area (Å²) in [6.45, 7) is 6.39. The maximum atomic E-state index is 10.1. The molecule has 0 saturated heterocycles. The molecule has 1 rings (SSSR count). The van der Waals surface area contributed by atoms with Crippen LogP contribution in [0.3, 0.4) is 0 Å². The highest BCUT2D eigenvalue weighted by Gasteiger charge is 1.96. The number of ether oxygens (including phenoxy) is 1. The molecule has 0 aliphatic heterocycles. The van der Waals surface area contributed by atoms with Gasteiger partial charge in [0.05, 0.1) is 23.7 Å². The maximum Gasteiger partial charge on any atom is 0.243 e. The number of rotatable bonds is 9. The van der Waals surface area contributed by atoms with E-state index in [4.69, 9.17) is 4.74 Å². The summed E-state index contributed by atoms with van der Waals surface area (Å²) in [7, 11) is -1.97. The van der Waals surface area contributed by atoms with Gasteiger partial charge in [-0.3, -0.25) is 0 Å². The zero-order chi connectivity index (χ0) is 16.1. The average molecular weight is 320 g/mol. The van der Waals surface area contributed by atoms with Gasteiger partial charge < -0.3 is 9.29 Å². The average Bonchev–Trinajstić information content (AvgIpc) is 2.81. The summed E-state index contributed by atoms with van der Waals surface area (Å²) in [4.78, 5) is 0. The van der Waals surface area contributed by atoms with Gasteiger partial charge in [-0.15, -0.1) is 0 Å². The molecule has 0 aliphatic carbocycles. The van der Waals surface area contributed by atoms with Gasteiger partial charge in [-0.2, -0.15) is 0 Å². The van der Waals surface area contributed by atoms with Gasteiger partial charge in [-0.05, 0) is 26.2 Å². The lowest BCUT2D eigenvalue weighted by Gasteiger charge is -2.05. The number of imidazole rings is 1. The fraction of sp³-hybridized carbons (Fsp3) is 0.786. The molecule has 0 fully saturated rings. The monoisotopic (exact) mass is 320 g/mol. The van der Waals surface area contributed by atoms with E-state index in [0.717, 1.165) is 6.54 Å². The molecular weight excluding hydrogens is 292 g/mol. The summed E-state index contributed by atoms with van der Waals surface area (Å²) < 4.78 is 39.4. The number of nitrogens with zero attached hydrogens (tertiary/aromatic N) is 2. The predicted octanol–water partition coefficient (Wildman–Crippen LogP) is 1.46. The SMILES string of the molecule is CCCCn1cc[n+](C)c1.CCOCCCCS(=O)(=O)[O-]. The summed E-state index contributed by atoms with van der Waals surface area (Å²) in [5.41, 5.74) is 0. The van der Waals surface area contributed by atoms with Crippen molar-refractivity contribution in [2.24, 2.45) is 7.05 Å². The molecule has 1 aromatic rings. The van der Waals surface area contributed by atoms with Gasteiger partial charge in [-0.1, -0.05) is 13.3 Å². The first-order chi connectivity index (χ1) is 9.89. The van der Waals surface area contributed by atoms with E-state index < -0.39 is 10.1 Å². The normalized spacial score (nSPS) is 11.0. The van der Waals surface area contributed by atoms with Crippen LogP contribution in [0.5, 0.6) is 0 Å². The third-order valence-electron chi connectivity index (χ3n) is 2.73. The molecule has 0 aliphatic rings. The minimum Gasteiger partial charge on any atom is -0.748 e. The van der Waals surface area contributed by atoms with Crippen molar-refractivity contribution in [1.82, 2.24) is 4.57 Å². The number of aryl methyl sites for hydroxylation is 2. The lowest BCUT2D eigenvalue weighted by molar-refractivity contribution is -0.671. The minimum atomic E-state index is -4.02. The van der Waals surface area contributed by atoms with Crippen molar-refractivity contribution in [2.75, 3.05) is 19.0 Å². The molecule has 1 heterocycles. The Hall–Kier alpha value is -0.920. The molecule has 0 spiro atoms. The van der Waals surface area contributed by atoms with E-state index in [0.29, 0.717) is 26.1 Å². The van der Waals surface area contributed by atoms with Crippen LogP contribution in [-0.4, -0.2) is 36.5 Å². The summed E-state index contributed by atoms with van der Waals surface area (Å²) in [5, 5.41) is 0. The second kappa shape index (κ2) is 11.7. The van der Waals surface area contributed by atoms with E-state index in [1.54, 1.807) is 0 Å². The Morgan fingerprint density at radius 1 is 1.24 bits per heavy atom. The van der Waals surface area contributed by atoms with Crippen LogP contribution < -0.4 is 4.57 Å². The fourth-order valence-electron chi connectivity index (χ4n) is 1.60. The highest BCUT2D eigenvalue weighted by Crippen LogP contribution is 1.94. The molecule has 0 amide bonds. The Kier molecular flexibility index (Phi) is 11.2. The molecule has 0 atom stereocenters. The van der Waals surface area contributed by atoms with Crippen LogP contribution in [0.4, 0.5) is 0 Å². The third kappa shape index (κ3) is 13.8. The molecule has 0 saturated carbocycles. The quantitative estimate of drug-likeness (QED) is 0.392. The smallest absolute Gasteiger partial charge is 0.243 e. The first-order valence-corrected chi connectivity index (χ1v) is 8.99. The summed E-state index contributed by atoms with van der Waals surface area (Å²) in [5.74, 6) is -0.278. The number of hydrogen-bond acceptors (Lipinski definition) is 4. The van der Waals surface area contributed by atoms with Crippen molar-refractivity contribution in [1.29, 1.82) is 0 Å². The molecular formula is C14H28N2O4S. The summed E-state index contributed by atoms with van der Waals surface area (Å²) in [6, 6.07) is 0. The second-order valence-corrected chi connectivity index (χ2v) is 6.36. The van der Waals surface area contributed by atoms with E-state index >= 15 is 0 Å². The van der Waals surface area contributed by atoms with Gasteiger partial charge in [0, 0.05) is 19.0 Å². The molecule has 21 heavy (non-hydrogen) atoms. The van der Waals surface area contributed by atoms with Crippen LogP contribution >= 0.6 is 0 Å². The first kappa shape index (κ1) is 20.1. The molecule has 0 N–H and O–H groups in total. The Morgan fingerprint density at radius 3 is 2.43 bits per heavy atom. The van der Waals surface area contributed by atoms with Crippen molar-refractivity contribution in [3.05, 3.63) is 18.7 Å². The van der Waals surface area contributed by atoms with Crippen molar-refractivity contribution < 1.29 is 22.3 Å². The summed E-state index contributed by atoms with van der Waals surface area (Å²) in [6.07, 6.45) is 9.85. The minimum absolute atomic E-state index is 0.278. The zero-order valence-electron chi connectivity index (χ0n) is 13.3. The third-order valence-corrected chi connectivity index (χ3v) is 3.52. The van der Waals surface area contributed by atoms with E-state index in [9.17, 15) is 13.0 Å². The molecule has 124 valence electrons. The number of unbranched alkanes of at least 4 members (excludes halogenated alkanes) is 2. The molecule has 1 aromatic heterocycles. The second-order valence-electron chi connectivity index (χ2n) is 4.84. The Bertz CT molecular complexity index is 457. The van der Waals surface area contributed by atoms with E-state index in [1.807, 2.05) is 14.0 Å². The van der Waals surface area contributed by atoms with Crippen LogP contribution in [0.1, 0.15) is 39.5 Å². The van der Waals surface area contributed by atoms with Crippen molar-refractivity contribution >= 4 is 10.1 Å². The van der Waals surface area contributed by atoms with Crippen LogP contribution in [0.25, 0.3) is 0 Å². The van der Waals surface area contributed by atoms with E-state index in [1.165, 1.54) is 12.8 Å². The van der Waals surface area contributed by atoms with Crippen LogP contribution in [0, 0.1) is 0 Å². The Balaban J connectivity index is 0.000000382. The van der Waals surface area contributed by atoms with Gasteiger partial charge in [0.2, 0.25) is 6.33 Å². The van der Waals surface area contributed by atoms with Gasteiger partial charge in [0.1, 0.15) is 12.4 Å². The highest BCUT2D eigenvalue weighted by molar-refractivity contribution is 7.85. The van der Waals surface area contributed by atoms with Crippen LogP contribution in [0.2, 0.25) is 0 Å². The topological polar surface area (TPSA) is 75.2 Å². The molecule has 7 heteroatoms. The largest absolute Gasteiger partial charge is 0.748 e. The lowest BCUT2D eigenvalue weighted by atomic mass is 10.3. The van der Waals surface area contributed by atoms with E-state index in [-0.39, 0.29) is 5.75 Å². The van der Waals surface area contributed by atoms with Gasteiger partial charge in [0.15, 0.2) is 0 Å². The predicted molar refractivity (Wildman–Crippen MR) is 80.8 cm³/mol. The Labute approximate surface area is 128 Å². The van der Waals surface area contributed by atoms with Crippen molar-refractivity contribution in [3.63, 3.8) is 0 Å². The zero-order valence-corrected chi connectivity index (χ0v) is 14.1. The van der Waals surface area contributed by atoms with Crippen molar-refractivity contribution in [3.8, 4) is 0 Å². The van der Waals surface area contributed by atoms with Gasteiger partial charge in [0.25, 0.3) is 0 Å². The number of hydrogen-bond donors (Lipinski definition) is 0. The maximum absolute atomic E-state index is 10.1. The van der Waals surface area contributed by atoms with Crippen LogP contribution in [0.15, 0.2) is 18.7 Å². The van der Waals surface area contributed by atoms with Gasteiger partial charge in [-0.25, -0.2) is 17.6 Å². The molecule has 0 aromatic carbocycles. The highest BCUT2D eigenvalue weighted by atomic mass is 32.2. The molecule has 0 unspecified atom stereocenters. The van der Waals surface area contributed by atoms with Crippen LogP contribution in [-0.2, 0) is 28.4 Å². The van der Waals surface area contributed by atoms with E-state index in [2.05, 4.69) is 34.8 Å². The molecule has 0 radical (unpaired) electrons. The lowest BCUT2D eigenvalue weighted by Crippen LogP contribution is -2.23. The Morgan fingerprint density at radius 2 is 1.95 bits per heavy atom. The molecule has 6 nitrogen and oxygen atoms in total. The number of aromatic nitrogens is 2. The standard InChI is InChI=1S/C8H15N2.C6H14O4S/c1-3-4-5-10-7-6-9(2)8-10;1-2-10-5-3-4-6-11(7,8)9/h6-8H,3-5H2,1-2H3;2-6H2,1H3,(H,7,8,9)/q+1;/p-1. The fourth-order valence-corrected chi connectivity index (χ4v) is 2.16. The molecule has 0 bridgehead atoms. The van der Waals surface area contributed by atoms with Crippen molar-refractivity contribution in [2.45, 2.75) is 46.1 Å².